The second-order valence-corrected chi connectivity index (χ2v) is 5.38. The van der Waals surface area contributed by atoms with E-state index in [1.165, 1.54) is 6.07 Å². The predicted molar refractivity (Wildman–Crippen MR) is 64.5 cm³/mol. The number of hydrogen-bond donors (Lipinski definition) is 1. The number of nitrogens with zero attached hydrogens (tertiary/aromatic N) is 1. The minimum atomic E-state index is -0.442. The monoisotopic (exact) mass is 249 g/mol. The Balaban J connectivity index is 1.95. The molecule has 1 aliphatic carbocycles. The summed E-state index contributed by atoms with van der Waals surface area (Å²) < 4.78 is 13.9. The summed E-state index contributed by atoms with van der Waals surface area (Å²) in [5.74, 6) is -0.267. The van der Waals surface area contributed by atoms with Crippen LogP contribution in [0.5, 0.6) is 0 Å². The molecule has 2 fully saturated rings. The molecule has 0 radical (unpaired) electrons. The van der Waals surface area contributed by atoms with Crippen molar-refractivity contribution in [3.8, 4) is 0 Å². The van der Waals surface area contributed by atoms with Gasteiger partial charge in [-0.1, -0.05) is 18.2 Å². The highest BCUT2D eigenvalue weighted by molar-refractivity contribution is 5.66. The van der Waals surface area contributed by atoms with Crippen LogP contribution in [-0.2, 0) is 4.79 Å². The van der Waals surface area contributed by atoms with E-state index in [1.54, 1.807) is 18.2 Å². The average molecular weight is 249 g/mol. The number of halogens is 1. The van der Waals surface area contributed by atoms with Crippen molar-refractivity contribution in [3.63, 3.8) is 0 Å². The molecular formula is C14H16FNO2. The number of β-amino-alcohol motifs (C(OH)–C–C–N with tert-alkyl or cyclic N) is 1. The van der Waals surface area contributed by atoms with Gasteiger partial charge in [0.2, 0.25) is 0 Å². The predicted octanol–water partition coefficient (Wildman–Crippen LogP) is 1.52. The molecular weight excluding hydrogens is 233 g/mol. The summed E-state index contributed by atoms with van der Waals surface area (Å²) in [6, 6.07) is 6.40. The molecule has 3 rings (SSSR count). The largest absolute Gasteiger partial charge is 0.390 e. The maximum atomic E-state index is 13.9. The minimum absolute atomic E-state index is 0.223. The highest BCUT2D eigenvalue weighted by atomic mass is 19.1. The van der Waals surface area contributed by atoms with Crippen molar-refractivity contribution in [1.82, 2.24) is 4.90 Å². The van der Waals surface area contributed by atoms with Crippen LogP contribution in [0.15, 0.2) is 24.3 Å². The van der Waals surface area contributed by atoms with Gasteiger partial charge in [-0.05, 0) is 18.9 Å². The second kappa shape index (κ2) is 4.14. The molecule has 0 bridgehead atoms. The third-order valence-electron chi connectivity index (χ3n) is 4.06. The first-order valence-electron chi connectivity index (χ1n) is 6.29. The molecule has 1 aliphatic heterocycles. The quantitative estimate of drug-likeness (QED) is 0.823. The normalized spacial score (nSPS) is 24.3. The zero-order valence-corrected chi connectivity index (χ0v) is 10.1. The van der Waals surface area contributed by atoms with Gasteiger partial charge in [-0.3, -0.25) is 4.90 Å². The summed E-state index contributed by atoms with van der Waals surface area (Å²) in [6.07, 6.45) is 2.24. The van der Waals surface area contributed by atoms with Crippen LogP contribution in [0.1, 0.15) is 24.4 Å². The van der Waals surface area contributed by atoms with Crippen molar-refractivity contribution in [1.29, 1.82) is 0 Å². The highest BCUT2D eigenvalue weighted by Gasteiger charge is 2.54. The smallest absolute Gasteiger partial charge is 0.128 e. The van der Waals surface area contributed by atoms with Crippen LogP contribution in [0.2, 0.25) is 0 Å². The number of benzene rings is 1. The van der Waals surface area contributed by atoms with Gasteiger partial charge in [0.25, 0.3) is 0 Å². The van der Waals surface area contributed by atoms with Gasteiger partial charge in [0.1, 0.15) is 12.1 Å². The van der Waals surface area contributed by atoms with E-state index < -0.39 is 5.41 Å². The summed E-state index contributed by atoms with van der Waals surface area (Å²) in [5, 5.41) is 9.42. The molecule has 0 spiro atoms. The van der Waals surface area contributed by atoms with E-state index in [0.717, 1.165) is 19.1 Å². The summed E-state index contributed by atoms with van der Waals surface area (Å²) in [6.45, 7) is 1.04. The number of aliphatic hydroxyl groups is 1. The Morgan fingerprint density at radius 1 is 1.39 bits per heavy atom. The Labute approximate surface area is 105 Å². The Bertz CT molecular complexity index is 467. The van der Waals surface area contributed by atoms with Gasteiger partial charge in [0, 0.05) is 24.1 Å². The highest BCUT2D eigenvalue weighted by Crippen LogP contribution is 2.56. The molecule has 96 valence electrons. The van der Waals surface area contributed by atoms with Crippen LogP contribution in [0.3, 0.4) is 0 Å². The molecule has 0 amide bonds. The van der Waals surface area contributed by atoms with Gasteiger partial charge in [-0.15, -0.1) is 0 Å². The number of hydrogen-bond acceptors (Lipinski definition) is 3. The number of aldehydes is 1. The van der Waals surface area contributed by atoms with Gasteiger partial charge < -0.3 is 9.90 Å². The molecule has 1 saturated heterocycles. The van der Waals surface area contributed by atoms with E-state index in [-0.39, 0.29) is 18.0 Å². The lowest BCUT2D eigenvalue weighted by Crippen LogP contribution is -2.54. The summed E-state index contributed by atoms with van der Waals surface area (Å²) in [4.78, 5) is 13.3. The van der Waals surface area contributed by atoms with Crippen molar-refractivity contribution in [3.05, 3.63) is 35.6 Å². The molecule has 0 aromatic heterocycles. The van der Waals surface area contributed by atoms with Crippen molar-refractivity contribution < 1.29 is 14.3 Å². The maximum absolute atomic E-state index is 13.9. The molecule has 1 aromatic carbocycles. The molecule has 1 N–H and O–H groups in total. The van der Waals surface area contributed by atoms with Gasteiger partial charge in [-0.25, -0.2) is 4.39 Å². The zero-order valence-electron chi connectivity index (χ0n) is 10.1. The Morgan fingerprint density at radius 2 is 2.06 bits per heavy atom. The van der Waals surface area contributed by atoms with Crippen molar-refractivity contribution in [2.45, 2.75) is 25.0 Å². The van der Waals surface area contributed by atoms with Gasteiger partial charge >= 0.3 is 0 Å². The van der Waals surface area contributed by atoms with Crippen LogP contribution in [0.4, 0.5) is 4.39 Å². The van der Waals surface area contributed by atoms with E-state index in [4.69, 9.17) is 0 Å². The molecule has 1 unspecified atom stereocenters. The van der Waals surface area contributed by atoms with Crippen molar-refractivity contribution >= 4 is 6.29 Å². The maximum Gasteiger partial charge on any atom is 0.128 e. The van der Waals surface area contributed by atoms with E-state index in [0.29, 0.717) is 18.7 Å². The van der Waals surface area contributed by atoms with E-state index in [2.05, 4.69) is 0 Å². The Morgan fingerprint density at radius 3 is 2.56 bits per heavy atom. The standard InChI is InChI=1S/C14H16FNO2/c15-12-4-2-1-3-11(12)13(14(9-17)5-6-14)16-7-10(18)8-16/h1-4,9-10,13,18H,5-8H2. The molecule has 1 atom stereocenters. The summed E-state index contributed by atoms with van der Waals surface area (Å²) in [5.41, 5.74) is 0.136. The van der Waals surface area contributed by atoms with Crippen LogP contribution in [-0.4, -0.2) is 35.5 Å². The summed E-state index contributed by atoms with van der Waals surface area (Å²) >= 11 is 0. The van der Waals surface area contributed by atoms with Crippen LogP contribution >= 0.6 is 0 Å². The average Bonchev–Trinajstić information content (AvgIpc) is 3.11. The minimum Gasteiger partial charge on any atom is -0.390 e. The first-order valence-corrected chi connectivity index (χ1v) is 6.29. The SMILES string of the molecule is O=CC1(C(c2ccccc2F)N2CC(O)C2)CC1. The first-order chi connectivity index (χ1) is 8.66. The van der Waals surface area contributed by atoms with E-state index in [9.17, 15) is 14.3 Å². The van der Waals surface area contributed by atoms with Crippen molar-refractivity contribution in [2.24, 2.45) is 5.41 Å². The van der Waals surface area contributed by atoms with E-state index >= 15 is 0 Å². The molecule has 1 heterocycles. The Hall–Kier alpha value is -1.26. The molecule has 1 saturated carbocycles. The number of carbonyl (C=O) groups excluding carboxylic acids is 1. The van der Waals surface area contributed by atoms with Gasteiger partial charge in [0.05, 0.1) is 12.1 Å². The van der Waals surface area contributed by atoms with Gasteiger partial charge in [0.15, 0.2) is 0 Å². The van der Waals surface area contributed by atoms with E-state index in [1.807, 2.05) is 4.90 Å². The Kier molecular flexibility index (Phi) is 2.72. The van der Waals surface area contributed by atoms with Crippen LogP contribution in [0, 0.1) is 11.2 Å². The fourth-order valence-electron chi connectivity index (χ4n) is 2.87. The lowest BCUT2D eigenvalue weighted by atomic mass is 9.87. The first kappa shape index (κ1) is 11.8. The lowest BCUT2D eigenvalue weighted by molar-refractivity contribution is -0.118. The molecule has 4 heteroatoms. The number of likely N-dealkylation sites (tertiary alicyclic amines) is 1. The number of carbonyl (C=O) groups is 1. The summed E-state index contributed by atoms with van der Waals surface area (Å²) in [7, 11) is 0. The van der Waals surface area contributed by atoms with Crippen molar-refractivity contribution in [2.75, 3.05) is 13.1 Å². The second-order valence-electron chi connectivity index (χ2n) is 5.38. The topological polar surface area (TPSA) is 40.5 Å². The molecule has 2 aliphatic rings. The lowest BCUT2D eigenvalue weighted by Gasteiger charge is -2.44. The molecule has 18 heavy (non-hydrogen) atoms. The number of rotatable bonds is 4. The molecule has 1 aromatic rings. The fraction of sp³-hybridized carbons (Fsp3) is 0.500. The van der Waals surface area contributed by atoms with Crippen LogP contribution in [0.25, 0.3) is 0 Å². The zero-order chi connectivity index (χ0) is 12.8. The third-order valence-corrected chi connectivity index (χ3v) is 4.06. The fourth-order valence-corrected chi connectivity index (χ4v) is 2.87. The third kappa shape index (κ3) is 1.76. The van der Waals surface area contributed by atoms with Crippen LogP contribution < -0.4 is 0 Å². The number of aliphatic hydroxyl groups excluding tert-OH is 1. The van der Waals surface area contributed by atoms with Gasteiger partial charge in [-0.2, -0.15) is 0 Å². The molecule has 3 nitrogen and oxygen atoms in total.